The summed E-state index contributed by atoms with van der Waals surface area (Å²) < 4.78 is 10.3. The maximum atomic E-state index is 12.7. The molecule has 2 N–H and O–H groups in total. The van der Waals surface area contributed by atoms with Crippen molar-refractivity contribution in [1.82, 2.24) is 0 Å². The Morgan fingerprint density at radius 3 is 2.52 bits per heavy atom. The van der Waals surface area contributed by atoms with Crippen LogP contribution in [-0.4, -0.2) is 46.6 Å². The smallest absolute Gasteiger partial charge is 0.305 e. The summed E-state index contributed by atoms with van der Waals surface area (Å²) in [6.45, 7) is 7.53. The van der Waals surface area contributed by atoms with Gasteiger partial charge in [-0.05, 0) is 25.2 Å². The number of esters is 1. The van der Waals surface area contributed by atoms with E-state index in [1.165, 1.54) is 0 Å². The molecule has 2 heterocycles. The third-order valence-corrected chi connectivity index (χ3v) is 5.60. The van der Waals surface area contributed by atoms with Crippen LogP contribution in [0.3, 0.4) is 0 Å². The van der Waals surface area contributed by atoms with Crippen molar-refractivity contribution in [3.8, 4) is 0 Å². The van der Waals surface area contributed by atoms with E-state index in [9.17, 15) is 19.8 Å². The van der Waals surface area contributed by atoms with Crippen molar-refractivity contribution in [3.63, 3.8) is 0 Å². The number of fused-ring (bicyclic) bond motifs is 1. The number of ether oxygens (including phenoxy) is 2. The zero-order valence-corrected chi connectivity index (χ0v) is 15.8. The number of cyclic esters (lactones) is 1. The zero-order chi connectivity index (χ0) is 18.8. The quantitative estimate of drug-likeness (QED) is 0.510. The van der Waals surface area contributed by atoms with Crippen LogP contribution in [-0.2, 0) is 19.1 Å². The van der Waals surface area contributed by atoms with Crippen molar-refractivity contribution in [1.29, 1.82) is 0 Å². The van der Waals surface area contributed by atoms with E-state index in [4.69, 9.17) is 9.47 Å². The molecule has 0 spiro atoms. The van der Waals surface area contributed by atoms with Crippen molar-refractivity contribution in [2.24, 2.45) is 17.3 Å². The SMILES string of the molecule is CC1CCCC2OC2(O)C(O)COC(=O)CCC(C)(C)C(=O)C(C)C1. The molecule has 6 nitrogen and oxygen atoms in total. The number of aliphatic hydroxyl groups excluding tert-OH is 1. The van der Waals surface area contributed by atoms with Crippen LogP contribution in [0.1, 0.15) is 66.2 Å². The van der Waals surface area contributed by atoms with Crippen molar-refractivity contribution in [3.05, 3.63) is 0 Å². The lowest BCUT2D eigenvalue weighted by Crippen LogP contribution is -2.37. The molecule has 0 aromatic rings. The molecule has 0 radical (unpaired) electrons. The first kappa shape index (κ1) is 20.3. The maximum absolute atomic E-state index is 12.7. The lowest BCUT2D eigenvalue weighted by Gasteiger charge is -2.28. The van der Waals surface area contributed by atoms with Gasteiger partial charge in [0.2, 0.25) is 5.79 Å². The molecule has 0 aliphatic carbocycles. The fourth-order valence-corrected chi connectivity index (χ4v) is 3.80. The number of epoxide rings is 1. The van der Waals surface area contributed by atoms with Crippen LogP contribution in [0.2, 0.25) is 0 Å². The van der Waals surface area contributed by atoms with Gasteiger partial charge in [-0.15, -0.1) is 0 Å². The van der Waals surface area contributed by atoms with Crippen LogP contribution in [0.25, 0.3) is 0 Å². The van der Waals surface area contributed by atoms with E-state index in [-0.39, 0.29) is 24.7 Å². The monoisotopic (exact) mass is 356 g/mol. The van der Waals surface area contributed by atoms with Gasteiger partial charge in [0, 0.05) is 17.8 Å². The summed E-state index contributed by atoms with van der Waals surface area (Å²) in [7, 11) is 0. The number of Topliss-reactive ketones (excluding diaryl/α,β-unsaturated/α-hetero) is 1. The number of hydrogen-bond donors (Lipinski definition) is 2. The molecule has 6 heteroatoms. The normalized spacial score (nSPS) is 40.9. The van der Waals surface area contributed by atoms with Gasteiger partial charge in [-0.2, -0.15) is 0 Å². The third-order valence-electron chi connectivity index (χ3n) is 5.60. The Hall–Kier alpha value is -0.980. The molecule has 0 amide bonds. The summed E-state index contributed by atoms with van der Waals surface area (Å²) in [6, 6.07) is 0. The van der Waals surface area contributed by atoms with E-state index >= 15 is 0 Å². The number of carbonyl (C=O) groups is 2. The predicted molar refractivity (Wildman–Crippen MR) is 91.6 cm³/mol. The predicted octanol–water partition coefficient (Wildman–Crippen LogP) is 2.20. The molecule has 0 bridgehead atoms. The minimum absolute atomic E-state index is 0.0511. The van der Waals surface area contributed by atoms with Crippen LogP contribution in [0, 0.1) is 17.3 Å². The average molecular weight is 356 g/mol. The Kier molecular flexibility index (Phi) is 6.28. The van der Waals surface area contributed by atoms with E-state index in [0.29, 0.717) is 18.8 Å². The highest BCUT2D eigenvalue weighted by molar-refractivity contribution is 5.86. The van der Waals surface area contributed by atoms with Crippen molar-refractivity contribution >= 4 is 11.8 Å². The van der Waals surface area contributed by atoms with Gasteiger partial charge in [0.05, 0.1) is 0 Å². The third kappa shape index (κ3) is 5.02. The number of rotatable bonds is 0. The van der Waals surface area contributed by atoms with Gasteiger partial charge in [-0.1, -0.05) is 40.5 Å². The number of aliphatic hydroxyl groups is 2. The summed E-state index contributed by atoms with van der Waals surface area (Å²) in [5.41, 5.74) is -0.587. The lowest BCUT2D eigenvalue weighted by atomic mass is 9.75. The maximum Gasteiger partial charge on any atom is 0.305 e. The molecule has 0 aromatic carbocycles. The molecule has 2 aliphatic heterocycles. The molecular formula is C19H32O6. The molecule has 2 fully saturated rings. The first-order chi connectivity index (χ1) is 11.6. The fraction of sp³-hybridized carbons (Fsp3) is 0.895. The van der Waals surface area contributed by atoms with Gasteiger partial charge in [0.1, 0.15) is 24.6 Å². The van der Waals surface area contributed by atoms with Crippen molar-refractivity contribution < 1.29 is 29.3 Å². The topological polar surface area (TPSA) is 96.4 Å². The van der Waals surface area contributed by atoms with Crippen LogP contribution in [0.15, 0.2) is 0 Å². The highest BCUT2D eigenvalue weighted by Crippen LogP contribution is 2.41. The van der Waals surface area contributed by atoms with Gasteiger partial charge >= 0.3 is 5.97 Å². The highest BCUT2D eigenvalue weighted by Gasteiger charge is 2.60. The minimum Gasteiger partial charge on any atom is -0.463 e. The average Bonchev–Trinajstić information content (AvgIpc) is 3.20. The molecule has 144 valence electrons. The molecule has 2 rings (SSSR count). The first-order valence-electron chi connectivity index (χ1n) is 9.34. The largest absolute Gasteiger partial charge is 0.463 e. The lowest BCUT2D eigenvalue weighted by molar-refractivity contribution is -0.154. The zero-order valence-electron chi connectivity index (χ0n) is 15.8. The Bertz CT molecular complexity index is 502. The van der Waals surface area contributed by atoms with Crippen LogP contribution in [0.5, 0.6) is 0 Å². The number of carbonyl (C=O) groups excluding carboxylic acids is 2. The molecule has 0 aromatic heterocycles. The second-order valence-electron chi connectivity index (χ2n) is 8.48. The molecule has 0 saturated carbocycles. The standard InChI is InChI=1S/C19H32O6/c1-12-6-5-7-15-19(23,25-15)14(20)11-24-16(21)8-9-18(3,4)17(22)13(2)10-12/h12-15,20,23H,5-11H2,1-4H3. The molecule has 2 aliphatic rings. The molecular weight excluding hydrogens is 324 g/mol. The van der Waals surface area contributed by atoms with Gasteiger partial charge in [-0.3, -0.25) is 9.59 Å². The summed E-state index contributed by atoms with van der Waals surface area (Å²) in [5.74, 6) is -1.55. The number of hydrogen-bond acceptors (Lipinski definition) is 6. The van der Waals surface area contributed by atoms with Crippen LogP contribution >= 0.6 is 0 Å². The first-order valence-corrected chi connectivity index (χ1v) is 9.34. The molecule has 25 heavy (non-hydrogen) atoms. The summed E-state index contributed by atoms with van der Waals surface area (Å²) in [5, 5.41) is 20.3. The fourth-order valence-electron chi connectivity index (χ4n) is 3.80. The van der Waals surface area contributed by atoms with Crippen molar-refractivity contribution in [2.45, 2.75) is 84.2 Å². The Balaban J connectivity index is 2.04. The number of ketones is 1. The summed E-state index contributed by atoms with van der Waals surface area (Å²) in [4.78, 5) is 24.6. The van der Waals surface area contributed by atoms with Crippen LogP contribution in [0.4, 0.5) is 0 Å². The summed E-state index contributed by atoms with van der Waals surface area (Å²) in [6.07, 6.45) is 2.09. The van der Waals surface area contributed by atoms with Crippen molar-refractivity contribution in [2.75, 3.05) is 6.61 Å². The Labute approximate surface area is 149 Å². The van der Waals surface area contributed by atoms with E-state index in [0.717, 1.165) is 19.3 Å². The second kappa shape index (κ2) is 7.72. The Morgan fingerprint density at radius 2 is 1.84 bits per heavy atom. The molecule has 5 atom stereocenters. The van der Waals surface area contributed by atoms with Gasteiger partial charge in [-0.25, -0.2) is 0 Å². The second-order valence-corrected chi connectivity index (χ2v) is 8.48. The van der Waals surface area contributed by atoms with Gasteiger partial charge in [0.25, 0.3) is 0 Å². The molecule has 2 saturated heterocycles. The van der Waals surface area contributed by atoms with Crippen LogP contribution < -0.4 is 0 Å². The summed E-state index contributed by atoms with van der Waals surface area (Å²) >= 11 is 0. The van der Waals surface area contributed by atoms with E-state index in [1.807, 2.05) is 20.8 Å². The van der Waals surface area contributed by atoms with E-state index in [2.05, 4.69) is 6.92 Å². The van der Waals surface area contributed by atoms with E-state index < -0.39 is 29.4 Å². The Morgan fingerprint density at radius 1 is 1.16 bits per heavy atom. The molecule has 5 unspecified atom stereocenters. The van der Waals surface area contributed by atoms with Gasteiger partial charge < -0.3 is 19.7 Å². The minimum atomic E-state index is -1.59. The van der Waals surface area contributed by atoms with Gasteiger partial charge in [0.15, 0.2) is 0 Å². The van der Waals surface area contributed by atoms with E-state index in [1.54, 1.807) is 0 Å². The highest BCUT2D eigenvalue weighted by atomic mass is 16.7.